The van der Waals surface area contributed by atoms with Crippen LogP contribution in [0.5, 0.6) is 0 Å². The normalized spacial score (nSPS) is 16.2. The van der Waals surface area contributed by atoms with Gasteiger partial charge in [-0.2, -0.15) is 13.2 Å². The van der Waals surface area contributed by atoms with Crippen molar-refractivity contribution in [2.24, 2.45) is 0 Å². The molecule has 0 amide bonds. The van der Waals surface area contributed by atoms with E-state index in [1.807, 2.05) is 0 Å². The first-order chi connectivity index (χ1) is 6.66. The molecule has 0 aromatic heterocycles. The Morgan fingerprint density at radius 1 is 1.27 bits per heavy atom. The fraction of sp³-hybridized carbons (Fsp3) is 0.333. The molecule has 1 rings (SSSR count). The van der Waals surface area contributed by atoms with Crippen molar-refractivity contribution < 1.29 is 22.7 Å². The molecule has 0 heterocycles. The van der Waals surface area contributed by atoms with Crippen molar-refractivity contribution in [2.45, 2.75) is 18.7 Å². The minimum absolute atomic E-state index is 0.121. The van der Waals surface area contributed by atoms with E-state index in [0.29, 0.717) is 6.92 Å². The van der Waals surface area contributed by atoms with Crippen molar-refractivity contribution in [1.29, 1.82) is 0 Å². The van der Waals surface area contributed by atoms with E-state index in [1.165, 1.54) is 0 Å². The van der Waals surface area contributed by atoms with Gasteiger partial charge in [0.25, 0.3) is 0 Å². The monoisotopic (exact) mass is 286 g/mol. The summed E-state index contributed by atoms with van der Waals surface area (Å²) in [4.78, 5) is 0. The first-order valence-corrected chi connectivity index (χ1v) is 4.70. The molecule has 1 atom stereocenters. The van der Waals surface area contributed by atoms with Crippen LogP contribution in [0.15, 0.2) is 22.7 Å². The molecule has 15 heavy (non-hydrogen) atoms. The van der Waals surface area contributed by atoms with Crippen molar-refractivity contribution in [3.8, 4) is 0 Å². The number of hydrogen-bond acceptors (Lipinski definition) is 1. The summed E-state index contributed by atoms with van der Waals surface area (Å²) in [5.41, 5.74) is -3.40. The van der Waals surface area contributed by atoms with Gasteiger partial charge < -0.3 is 5.11 Å². The second-order valence-corrected chi connectivity index (χ2v) is 4.05. The van der Waals surface area contributed by atoms with Gasteiger partial charge in [0.05, 0.1) is 4.47 Å². The van der Waals surface area contributed by atoms with Gasteiger partial charge in [0, 0.05) is 0 Å². The minimum atomic E-state index is -4.80. The molecule has 0 aliphatic carbocycles. The van der Waals surface area contributed by atoms with Crippen LogP contribution in [-0.4, -0.2) is 11.3 Å². The highest BCUT2D eigenvalue weighted by atomic mass is 79.9. The third-order valence-corrected chi connectivity index (χ3v) is 2.64. The van der Waals surface area contributed by atoms with E-state index in [9.17, 15) is 22.7 Å². The van der Waals surface area contributed by atoms with Gasteiger partial charge in [0.1, 0.15) is 5.82 Å². The van der Waals surface area contributed by atoms with Crippen LogP contribution in [0.3, 0.4) is 0 Å². The van der Waals surface area contributed by atoms with Crippen LogP contribution in [-0.2, 0) is 5.60 Å². The first-order valence-electron chi connectivity index (χ1n) is 3.91. The molecule has 1 N–H and O–H groups in total. The smallest absolute Gasteiger partial charge is 0.376 e. The molecule has 84 valence electrons. The summed E-state index contributed by atoms with van der Waals surface area (Å²) in [6.07, 6.45) is -4.80. The first kappa shape index (κ1) is 12.4. The summed E-state index contributed by atoms with van der Waals surface area (Å²) in [6, 6.07) is 2.66. The lowest BCUT2D eigenvalue weighted by molar-refractivity contribution is -0.258. The van der Waals surface area contributed by atoms with Gasteiger partial charge in [-0.1, -0.05) is 6.07 Å². The van der Waals surface area contributed by atoms with Crippen LogP contribution in [0.4, 0.5) is 17.6 Å². The molecule has 0 spiro atoms. The summed E-state index contributed by atoms with van der Waals surface area (Å²) in [6.45, 7) is 0.618. The third-order valence-electron chi connectivity index (χ3n) is 2.03. The van der Waals surface area contributed by atoms with Gasteiger partial charge >= 0.3 is 6.18 Å². The van der Waals surface area contributed by atoms with Gasteiger partial charge in [0.15, 0.2) is 5.60 Å². The molecule has 1 nitrogen and oxygen atoms in total. The third kappa shape index (κ3) is 2.31. The van der Waals surface area contributed by atoms with Crippen molar-refractivity contribution in [1.82, 2.24) is 0 Å². The number of hydrogen-bond donors (Lipinski definition) is 1. The molecular formula is C9H7BrF4O. The predicted molar refractivity (Wildman–Crippen MR) is 49.7 cm³/mol. The summed E-state index contributed by atoms with van der Waals surface area (Å²) < 4.78 is 49.8. The predicted octanol–water partition coefficient (Wildman–Crippen LogP) is 3.36. The molecule has 0 bridgehead atoms. The molecule has 6 heteroatoms. The summed E-state index contributed by atoms with van der Waals surface area (Å²) in [5, 5.41) is 9.27. The fourth-order valence-electron chi connectivity index (χ4n) is 0.963. The van der Waals surface area contributed by atoms with Gasteiger partial charge in [-0.15, -0.1) is 0 Å². The second-order valence-electron chi connectivity index (χ2n) is 3.20. The number of halogens is 5. The highest BCUT2D eigenvalue weighted by Gasteiger charge is 2.51. The molecule has 0 fully saturated rings. The molecule has 0 saturated carbocycles. The Hall–Kier alpha value is -0.620. The van der Waals surface area contributed by atoms with E-state index < -0.39 is 23.2 Å². The Balaban J connectivity index is 3.22. The van der Waals surface area contributed by atoms with E-state index in [2.05, 4.69) is 15.9 Å². The van der Waals surface area contributed by atoms with E-state index in [4.69, 9.17) is 0 Å². The maximum atomic E-state index is 12.8. The Morgan fingerprint density at radius 2 is 1.80 bits per heavy atom. The number of aliphatic hydroxyl groups is 1. The van der Waals surface area contributed by atoms with Crippen LogP contribution in [0.25, 0.3) is 0 Å². The summed E-state index contributed by atoms with van der Waals surface area (Å²) in [7, 11) is 0. The molecule has 1 aromatic carbocycles. The van der Waals surface area contributed by atoms with Crippen LogP contribution in [0, 0.1) is 5.82 Å². The Labute approximate surface area is 91.9 Å². The molecule has 0 aliphatic heterocycles. The molecule has 0 aliphatic rings. The Bertz CT molecular complexity index is 373. The average Bonchev–Trinajstić information content (AvgIpc) is 2.07. The van der Waals surface area contributed by atoms with Crippen LogP contribution in [0.2, 0.25) is 0 Å². The van der Waals surface area contributed by atoms with Gasteiger partial charge in [-0.25, -0.2) is 4.39 Å². The molecular weight excluding hydrogens is 280 g/mol. The zero-order valence-electron chi connectivity index (χ0n) is 7.57. The number of alkyl halides is 3. The number of benzene rings is 1. The zero-order valence-corrected chi connectivity index (χ0v) is 9.16. The molecule has 0 saturated heterocycles. The average molecular weight is 287 g/mol. The quantitative estimate of drug-likeness (QED) is 0.785. The van der Waals surface area contributed by atoms with Crippen molar-refractivity contribution in [3.63, 3.8) is 0 Å². The van der Waals surface area contributed by atoms with E-state index >= 15 is 0 Å². The Kier molecular flexibility index (Phi) is 3.11. The maximum absolute atomic E-state index is 12.8. The lowest BCUT2D eigenvalue weighted by atomic mass is 9.95. The van der Waals surface area contributed by atoms with Crippen LogP contribution < -0.4 is 0 Å². The van der Waals surface area contributed by atoms with Gasteiger partial charge in [-0.05, 0) is 40.5 Å². The van der Waals surface area contributed by atoms with Crippen LogP contribution in [0.1, 0.15) is 12.5 Å². The van der Waals surface area contributed by atoms with Gasteiger partial charge in [-0.3, -0.25) is 0 Å². The SMILES string of the molecule is CC(O)(c1ccc(F)c(Br)c1)C(F)(F)F. The number of rotatable bonds is 1. The Morgan fingerprint density at radius 3 is 2.20 bits per heavy atom. The van der Waals surface area contributed by atoms with Crippen molar-refractivity contribution >= 4 is 15.9 Å². The maximum Gasteiger partial charge on any atom is 0.421 e. The highest BCUT2D eigenvalue weighted by Crippen LogP contribution is 2.39. The van der Waals surface area contributed by atoms with E-state index in [1.54, 1.807) is 0 Å². The fourth-order valence-corrected chi connectivity index (χ4v) is 1.34. The minimum Gasteiger partial charge on any atom is -0.376 e. The second kappa shape index (κ2) is 3.75. The summed E-state index contributed by atoms with van der Waals surface area (Å²) >= 11 is 2.75. The van der Waals surface area contributed by atoms with Gasteiger partial charge in [0.2, 0.25) is 0 Å². The lowest BCUT2D eigenvalue weighted by Crippen LogP contribution is -2.39. The lowest BCUT2D eigenvalue weighted by Gasteiger charge is -2.26. The highest BCUT2D eigenvalue weighted by molar-refractivity contribution is 9.10. The van der Waals surface area contributed by atoms with Crippen LogP contribution >= 0.6 is 15.9 Å². The van der Waals surface area contributed by atoms with Crippen molar-refractivity contribution in [2.75, 3.05) is 0 Å². The molecule has 1 aromatic rings. The topological polar surface area (TPSA) is 20.2 Å². The zero-order chi connectivity index (χ0) is 11.9. The van der Waals surface area contributed by atoms with E-state index in [-0.39, 0.29) is 4.47 Å². The standard InChI is InChI=1S/C9H7BrF4O/c1-8(15,9(12,13)14)5-2-3-7(11)6(10)4-5/h2-4,15H,1H3. The van der Waals surface area contributed by atoms with E-state index in [0.717, 1.165) is 18.2 Å². The summed E-state index contributed by atoms with van der Waals surface area (Å²) in [5.74, 6) is -0.684. The molecule has 0 radical (unpaired) electrons. The molecule has 1 unspecified atom stereocenters. The largest absolute Gasteiger partial charge is 0.421 e. The van der Waals surface area contributed by atoms with Crippen molar-refractivity contribution in [3.05, 3.63) is 34.1 Å².